The van der Waals surface area contributed by atoms with Gasteiger partial charge in [0.05, 0.1) is 0 Å². The Morgan fingerprint density at radius 3 is 2.11 bits per heavy atom. The van der Waals surface area contributed by atoms with Crippen molar-refractivity contribution in [3.8, 4) is 0 Å². The molecule has 1 N–H and O–H groups in total. The van der Waals surface area contributed by atoms with Gasteiger partial charge in [-0.05, 0) is 57.5 Å². The van der Waals surface area contributed by atoms with Gasteiger partial charge in [-0.25, -0.2) is 0 Å². The van der Waals surface area contributed by atoms with Crippen molar-refractivity contribution in [2.45, 2.75) is 57.0 Å². The Labute approximate surface area is 115 Å². The molecule has 1 atom stereocenters. The summed E-state index contributed by atoms with van der Waals surface area (Å²) in [7, 11) is 0. The molecule has 108 valence electrons. The van der Waals surface area contributed by atoms with E-state index in [1.54, 1.807) is 0 Å². The number of carboxylic acids is 1. The third-order valence-corrected chi connectivity index (χ3v) is 5.12. The van der Waals surface area contributed by atoms with Crippen LogP contribution in [-0.4, -0.2) is 59.1 Å². The van der Waals surface area contributed by atoms with Crippen LogP contribution in [0.2, 0.25) is 0 Å². The second-order valence-corrected chi connectivity index (χ2v) is 6.48. The molecule has 2 heterocycles. The second kappa shape index (κ2) is 5.80. The van der Waals surface area contributed by atoms with E-state index in [1.807, 2.05) is 0 Å². The monoisotopic (exact) mass is 266 g/mol. The van der Waals surface area contributed by atoms with Crippen molar-refractivity contribution in [2.24, 2.45) is 5.92 Å². The summed E-state index contributed by atoms with van der Waals surface area (Å²) in [6, 6.07) is 0.521. The number of hydrogen-bond acceptors (Lipinski definition) is 3. The maximum atomic E-state index is 11.4. The van der Waals surface area contributed by atoms with E-state index < -0.39 is 5.97 Å². The number of likely N-dealkylation sites (tertiary alicyclic amines) is 2. The number of carbonyl (C=O) groups is 1. The first-order valence-electron chi connectivity index (χ1n) is 7.96. The van der Waals surface area contributed by atoms with Gasteiger partial charge in [0.25, 0.3) is 0 Å². The molecule has 3 rings (SSSR count). The lowest BCUT2D eigenvalue weighted by atomic mass is 9.98. The number of hydrogen-bond donors (Lipinski definition) is 1. The van der Waals surface area contributed by atoms with E-state index >= 15 is 0 Å². The maximum Gasteiger partial charge on any atom is 0.321 e. The Hall–Kier alpha value is -0.610. The largest absolute Gasteiger partial charge is 0.480 e. The molecule has 1 saturated carbocycles. The van der Waals surface area contributed by atoms with Crippen LogP contribution in [-0.2, 0) is 4.79 Å². The first kappa shape index (κ1) is 13.4. The molecular formula is C15H26N2O2. The Bertz CT molecular complexity index is 316. The molecule has 0 amide bonds. The fraction of sp³-hybridized carbons (Fsp3) is 0.933. The number of rotatable bonds is 4. The summed E-state index contributed by atoms with van der Waals surface area (Å²) in [5.74, 6) is -0.164. The standard InChI is InChI=1S/C15H26N2O2/c18-15(19)14(12-4-5-12)17-10-6-13(7-11-17)16-8-2-1-3-9-16/h12-14H,1-11H2,(H,18,19). The molecule has 1 unspecified atom stereocenters. The molecule has 4 nitrogen and oxygen atoms in total. The molecule has 1 aliphatic carbocycles. The highest BCUT2D eigenvalue weighted by Crippen LogP contribution is 2.36. The van der Waals surface area contributed by atoms with E-state index in [9.17, 15) is 9.90 Å². The van der Waals surface area contributed by atoms with Gasteiger partial charge in [-0.1, -0.05) is 6.42 Å². The summed E-state index contributed by atoms with van der Waals surface area (Å²) < 4.78 is 0. The van der Waals surface area contributed by atoms with Crippen molar-refractivity contribution in [2.75, 3.05) is 26.2 Å². The molecule has 19 heavy (non-hydrogen) atoms. The van der Waals surface area contributed by atoms with Gasteiger partial charge >= 0.3 is 5.97 Å². The Kier molecular flexibility index (Phi) is 4.08. The van der Waals surface area contributed by atoms with Crippen molar-refractivity contribution >= 4 is 5.97 Å². The van der Waals surface area contributed by atoms with Crippen LogP contribution >= 0.6 is 0 Å². The van der Waals surface area contributed by atoms with Gasteiger partial charge in [0, 0.05) is 19.1 Å². The molecule has 0 aromatic carbocycles. The van der Waals surface area contributed by atoms with E-state index in [-0.39, 0.29) is 6.04 Å². The van der Waals surface area contributed by atoms with Gasteiger partial charge in [-0.15, -0.1) is 0 Å². The summed E-state index contributed by atoms with van der Waals surface area (Å²) in [4.78, 5) is 16.3. The van der Waals surface area contributed by atoms with E-state index in [0.717, 1.165) is 38.8 Å². The number of aliphatic carboxylic acids is 1. The van der Waals surface area contributed by atoms with Crippen molar-refractivity contribution < 1.29 is 9.90 Å². The smallest absolute Gasteiger partial charge is 0.321 e. The van der Waals surface area contributed by atoms with Crippen LogP contribution in [0.15, 0.2) is 0 Å². The lowest BCUT2D eigenvalue weighted by Gasteiger charge is -2.41. The van der Waals surface area contributed by atoms with Crippen LogP contribution in [0.3, 0.4) is 0 Å². The zero-order valence-corrected chi connectivity index (χ0v) is 11.8. The average Bonchev–Trinajstić information content (AvgIpc) is 3.25. The number of piperidine rings is 2. The highest BCUT2D eigenvalue weighted by atomic mass is 16.4. The predicted molar refractivity (Wildman–Crippen MR) is 74.2 cm³/mol. The normalized spacial score (nSPS) is 29.3. The van der Waals surface area contributed by atoms with Crippen molar-refractivity contribution in [3.63, 3.8) is 0 Å². The third-order valence-electron chi connectivity index (χ3n) is 5.12. The molecule has 4 heteroatoms. The molecule has 0 radical (unpaired) electrons. The van der Waals surface area contributed by atoms with Gasteiger partial charge < -0.3 is 10.0 Å². The van der Waals surface area contributed by atoms with Gasteiger partial charge in [0.1, 0.15) is 6.04 Å². The van der Waals surface area contributed by atoms with Gasteiger partial charge in [0.15, 0.2) is 0 Å². The fourth-order valence-electron chi connectivity index (χ4n) is 3.88. The predicted octanol–water partition coefficient (Wildman–Crippen LogP) is 1.80. The number of nitrogens with zero attached hydrogens (tertiary/aromatic N) is 2. The lowest BCUT2D eigenvalue weighted by Crippen LogP contribution is -2.51. The Morgan fingerprint density at radius 1 is 0.947 bits per heavy atom. The van der Waals surface area contributed by atoms with E-state index in [4.69, 9.17) is 0 Å². The SMILES string of the molecule is O=C(O)C(C1CC1)N1CCC(N2CCCCC2)CC1. The second-order valence-electron chi connectivity index (χ2n) is 6.48. The molecule has 0 bridgehead atoms. The summed E-state index contributed by atoms with van der Waals surface area (Å²) in [6.07, 6.45) is 8.64. The maximum absolute atomic E-state index is 11.4. The van der Waals surface area contributed by atoms with Crippen molar-refractivity contribution in [1.29, 1.82) is 0 Å². The van der Waals surface area contributed by atoms with Gasteiger partial charge in [-0.2, -0.15) is 0 Å². The van der Waals surface area contributed by atoms with Crippen LogP contribution in [0.4, 0.5) is 0 Å². The van der Waals surface area contributed by atoms with E-state index in [0.29, 0.717) is 12.0 Å². The summed E-state index contributed by atoms with van der Waals surface area (Å²) in [5, 5.41) is 9.40. The highest BCUT2D eigenvalue weighted by molar-refractivity contribution is 5.74. The Morgan fingerprint density at radius 2 is 1.58 bits per heavy atom. The molecule has 3 fully saturated rings. The van der Waals surface area contributed by atoms with Gasteiger partial charge in [-0.3, -0.25) is 9.69 Å². The molecule has 2 saturated heterocycles. The van der Waals surface area contributed by atoms with E-state index in [2.05, 4.69) is 9.80 Å². The molecule has 0 spiro atoms. The molecule has 0 aromatic heterocycles. The zero-order valence-electron chi connectivity index (χ0n) is 11.8. The van der Waals surface area contributed by atoms with Crippen molar-refractivity contribution in [3.05, 3.63) is 0 Å². The molecular weight excluding hydrogens is 240 g/mol. The first-order chi connectivity index (χ1) is 9.25. The molecule has 3 aliphatic rings. The van der Waals surface area contributed by atoms with E-state index in [1.165, 1.54) is 32.4 Å². The zero-order chi connectivity index (χ0) is 13.2. The molecule has 0 aromatic rings. The van der Waals surface area contributed by atoms with Crippen LogP contribution in [0.5, 0.6) is 0 Å². The van der Waals surface area contributed by atoms with Crippen LogP contribution in [0.25, 0.3) is 0 Å². The van der Waals surface area contributed by atoms with Crippen LogP contribution < -0.4 is 0 Å². The Balaban J connectivity index is 1.52. The quantitative estimate of drug-likeness (QED) is 0.842. The lowest BCUT2D eigenvalue weighted by molar-refractivity contribution is -0.145. The topological polar surface area (TPSA) is 43.8 Å². The average molecular weight is 266 g/mol. The summed E-state index contributed by atoms with van der Waals surface area (Å²) >= 11 is 0. The third kappa shape index (κ3) is 3.11. The fourth-order valence-corrected chi connectivity index (χ4v) is 3.88. The van der Waals surface area contributed by atoms with Crippen LogP contribution in [0.1, 0.15) is 44.9 Å². The minimum atomic E-state index is -0.598. The summed E-state index contributed by atoms with van der Waals surface area (Å²) in [5.41, 5.74) is 0. The number of carboxylic acid groups (broad SMARTS) is 1. The minimum absolute atomic E-state index is 0.192. The highest BCUT2D eigenvalue weighted by Gasteiger charge is 2.41. The minimum Gasteiger partial charge on any atom is -0.480 e. The summed E-state index contributed by atoms with van der Waals surface area (Å²) in [6.45, 7) is 4.48. The van der Waals surface area contributed by atoms with Gasteiger partial charge in [0.2, 0.25) is 0 Å². The first-order valence-corrected chi connectivity index (χ1v) is 7.96. The van der Waals surface area contributed by atoms with Crippen LogP contribution in [0, 0.1) is 5.92 Å². The molecule has 2 aliphatic heterocycles. The van der Waals surface area contributed by atoms with Crippen molar-refractivity contribution in [1.82, 2.24) is 9.80 Å².